The molecule has 0 spiro atoms. The molecule has 1 atom stereocenters. The summed E-state index contributed by atoms with van der Waals surface area (Å²) in [5, 5.41) is 3.02. The smallest absolute Gasteiger partial charge is 0.232 e. The van der Waals surface area contributed by atoms with E-state index in [2.05, 4.69) is 11.9 Å². The summed E-state index contributed by atoms with van der Waals surface area (Å²) in [6.07, 6.45) is 1.57. The van der Waals surface area contributed by atoms with Crippen LogP contribution in [0, 0.1) is 0 Å². The Hall–Kier alpha value is -1.53. The number of carbonyl (C=O) groups is 1. The second-order valence-electron chi connectivity index (χ2n) is 4.42. The van der Waals surface area contributed by atoms with Crippen molar-refractivity contribution in [2.45, 2.75) is 5.75 Å². The van der Waals surface area contributed by atoms with Gasteiger partial charge in [0, 0.05) is 23.1 Å². The van der Waals surface area contributed by atoms with Crippen molar-refractivity contribution in [3.8, 4) is 11.5 Å². The lowest BCUT2D eigenvalue weighted by molar-refractivity contribution is -0.118. The van der Waals surface area contributed by atoms with Gasteiger partial charge in [-0.2, -0.15) is 0 Å². The second-order valence-corrected chi connectivity index (χ2v) is 6.29. The topological polar surface area (TPSA) is 64.6 Å². The monoisotopic (exact) mass is 329 g/mol. The van der Waals surface area contributed by atoms with Crippen molar-refractivity contribution in [1.29, 1.82) is 0 Å². The zero-order chi connectivity index (χ0) is 15.2. The summed E-state index contributed by atoms with van der Waals surface area (Å²) in [4.78, 5) is 11.5. The maximum atomic E-state index is 12.0. The largest absolute Gasteiger partial charge is 0.486 e. The van der Waals surface area contributed by atoms with Crippen LogP contribution in [0.3, 0.4) is 0 Å². The minimum Gasteiger partial charge on any atom is -0.486 e. The van der Waals surface area contributed by atoms with E-state index in [1.807, 2.05) is 0 Å². The van der Waals surface area contributed by atoms with Crippen molar-refractivity contribution in [3.05, 3.63) is 35.4 Å². The van der Waals surface area contributed by atoms with Gasteiger partial charge in [0.2, 0.25) is 5.91 Å². The summed E-state index contributed by atoms with van der Waals surface area (Å²) in [7, 11) is -1.31. The Kier molecular flexibility index (Phi) is 5.64. The third-order valence-electron chi connectivity index (χ3n) is 2.72. The van der Waals surface area contributed by atoms with E-state index in [9.17, 15) is 9.00 Å². The molecule has 0 aromatic heterocycles. The average molecular weight is 330 g/mol. The fourth-order valence-corrected chi connectivity index (χ4v) is 3.19. The van der Waals surface area contributed by atoms with Crippen LogP contribution in [0.15, 0.2) is 24.8 Å². The van der Waals surface area contributed by atoms with Gasteiger partial charge in [-0.05, 0) is 17.7 Å². The SMILES string of the molecule is C=CCNC(=O)CS(=O)Cc1cc(Cl)c2c(c1)OCCO2. The third kappa shape index (κ3) is 4.47. The second kappa shape index (κ2) is 7.47. The Bertz CT molecular complexity index is 576. The summed E-state index contributed by atoms with van der Waals surface area (Å²) in [5.41, 5.74) is 0.749. The zero-order valence-corrected chi connectivity index (χ0v) is 13.0. The lowest BCUT2D eigenvalue weighted by Gasteiger charge is -2.20. The van der Waals surface area contributed by atoms with Crippen LogP contribution in [0.4, 0.5) is 0 Å². The van der Waals surface area contributed by atoms with Gasteiger partial charge in [0.15, 0.2) is 11.5 Å². The van der Waals surface area contributed by atoms with Crippen LogP contribution in [0.2, 0.25) is 5.02 Å². The van der Waals surface area contributed by atoms with Gasteiger partial charge in [-0.25, -0.2) is 0 Å². The Balaban J connectivity index is 1.99. The molecule has 0 saturated heterocycles. The van der Waals surface area contributed by atoms with Crippen LogP contribution in [0.5, 0.6) is 11.5 Å². The number of carbonyl (C=O) groups excluding carboxylic acids is 1. The molecular weight excluding hydrogens is 314 g/mol. The van der Waals surface area contributed by atoms with Gasteiger partial charge in [0.25, 0.3) is 0 Å². The first kappa shape index (κ1) is 15.9. The predicted molar refractivity (Wildman–Crippen MR) is 82.4 cm³/mol. The van der Waals surface area contributed by atoms with E-state index >= 15 is 0 Å². The number of halogens is 1. The van der Waals surface area contributed by atoms with Gasteiger partial charge in [-0.15, -0.1) is 6.58 Å². The lowest BCUT2D eigenvalue weighted by atomic mass is 10.2. The van der Waals surface area contributed by atoms with Gasteiger partial charge in [-0.1, -0.05) is 17.7 Å². The molecule has 114 valence electrons. The van der Waals surface area contributed by atoms with Crippen LogP contribution in [0.25, 0.3) is 0 Å². The van der Waals surface area contributed by atoms with E-state index in [4.69, 9.17) is 21.1 Å². The van der Waals surface area contributed by atoms with Crippen molar-refractivity contribution in [2.24, 2.45) is 0 Å². The highest BCUT2D eigenvalue weighted by molar-refractivity contribution is 7.84. The zero-order valence-electron chi connectivity index (χ0n) is 11.4. The number of ether oxygens (including phenoxy) is 2. The van der Waals surface area contributed by atoms with E-state index in [0.717, 1.165) is 5.56 Å². The van der Waals surface area contributed by atoms with Crippen LogP contribution in [-0.2, 0) is 21.3 Å². The number of amides is 1. The molecule has 1 aliphatic heterocycles. The molecule has 7 heteroatoms. The van der Waals surface area contributed by atoms with Crippen LogP contribution in [0.1, 0.15) is 5.56 Å². The summed E-state index contributed by atoms with van der Waals surface area (Å²) in [6.45, 7) is 4.78. The van der Waals surface area contributed by atoms with Crippen molar-refractivity contribution in [2.75, 3.05) is 25.5 Å². The number of hydrogen-bond donors (Lipinski definition) is 1. The molecule has 0 saturated carbocycles. The first-order valence-electron chi connectivity index (χ1n) is 6.40. The number of fused-ring (bicyclic) bond motifs is 1. The molecule has 0 fully saturated rings. The standard InChI is InChI=1S/C14H16ClNO4S/c1-2-3-16-13(17)9-21(18)8-10-6-11(15)14-12(7-10)19-4-5-20-14/h2,6-7H,1,3-5,8-9H2,(H,16,17). The minimum atomic E-state index is -1.31. The van der Waals surface area contributed by atoms with Gasteiger partial charge >= 0.3 is 0 Å². The fraction of sp³-hybridized carbons (Fsp3) is 0.357. The molecule has 1 amide bonds. The molecular formula is C14H16ClNO4S. The predicted octanol–water partition coefficient (Wildman–Crippen LogP) is 1.66. The lowest BCUT2D eigenvalue weighted by Crippen LogP contribution is -2.28. The van der Waals surface area contributed by atoms with Crippen LogP contribution in [-0.4, -0.2) is 35.6 Å². The Morgan fingerprint density at radius 3 is 2.95 bits per heavy atom. The molecule has 0 bridgehead atoms. The Labute approximate surface area is 130 Å². The molecule has 1 aliphatic rings. The molecule has 2 rings (SSSR count). The maximum Gasteiger partial charge on any atom is 0.232 e. The molecule has 1 heterocycles. The fourth-order valence-electron chi connectivity index (χ4n) is 1.87. The summed E-state index contributed by atoms with van der Waals surface area (Å²) >= 11 is 6.11. The average Bonchev–Trinajstić information content (AvgIpc) is 2.45. The van der Waals surface area contributed by atoms with Gasteiger partial charge < -0.3 is 14.8 Å². The van der Waals surface area contributed by atoms with E-state index < -0.39 is 10.8 Å². The van der Waals surface area contributed by atoms with Gasteiger partial charge in [0.1, 0.15) is 19.0 Å². The molecule has 1 aromatic rings. The van der Waals surface area contributed by atoms with E-state index in [1.54, 1.807) is 18.2 Å². The Morgan fingerprint density at radius 1 is 1.43 bits per heavy atom. The number of hydrogen-bond acceptors (Lipinski definition) is 4. The van der Waals surface area contributed by atoms with Gasteiger partial charge in [-0.3, -0.25) is 9.00 Å². The van der Waals surface area contributed by atoms with Gasteiger partial charge in [0.05, 0.1) is 5.02 Å². The normalized spacial score (nSPS) is 14.3. The summed E-state index contributed by atoms with van der Waals surface area (Å²) < 4.78 is 22.9. The molecule has 1 unspecified atom stereocenters. The summed E-state index contributed by atoms with van der Waals surface area (Å²) in [5.74, 6) is 0.979. The first-order chi connectivity index (χ1) is 10.1. The van der Waals surface area contributed by atoms with E-state index in [0.29, 0.717) is 36.3 Å². The number of benzene rings is 1. The van der Waals surface area contributed by atoms with Crippen molar-refractivity contribution < 1.29 is 18.5 Å². The quantitative estimate of drug-likeness (QED) is 0.806. The first-order valence-corrected chi connectivity index (χ1v) is 8.27. The number of rotatable bonds is 6. The van der Waals surface area contributed by atoms with Crippen LogP contribution < -0.4 is 14.8 Å². The van der Waals surface area contributed by atoms with E-state index in [1.165, 1.54) is 0 Å². The van der Waals surface area contributed by atoms with Crippen molar-refractivity contribution >= 4 is 28.3 Å². The minimum absolute atomic E-state index is 0.0557. The number of nitrogens with one attached hydrogen (secondary N) is 1. The third-order valence-corrected chi connectivity index (χ3v) is 4.24. The van der Waals surface area contributed by atoms with E-state index in [-0.39, 0.29) is 17.4 Å². The molecule has 0 radical (unpaired) electrons. The highest BCUT2D eigenvalue weighted by atomic mass is 35.5. The van der Waals surface area contributed by atoms with Crippen molar-refractivity contribution in [1.82, 2.24) is 5.32 Å². The molecule has 1 N–H and O–H groups in total. The molecule has 0 aliphatic carbocycles. The molecule has 21 heavy (non-hydrogen) atoms. The van der Waals surface area contributed by atoms with Crippen LogP contribution >= 0.6 is 11.6 Å². The Morgan fingerprint density at radius 2 is 2.19 bits per heavy atom. The highest BCUT2D eigenvalue weighted by Gasteiger charge is 2.18. The molecule has 1 aromatic carbocycles. The van der Waals surface area contributed by atoms with Crippen molar-refractivity contribution in [3.63, 3.8) is 0 Å². The summed E-state index contributed by atoms with van der Waals surface area (Å²) in [6, 6.07) is 3.44. The molecule has 5 nitrogen and oxygen atoms in total. The maximum absolute atomic E-state index is 12.0. The highest BCUT2D eigenvalue weighted by Crippen LogP contribution is 2.38.